The molecule has 3 atom stereocenters. The van der Waals surface area contributed by atoms with Crippen LogP contribution in [0.1, 0.15) is 49.9 Å². The van der Waals surface area contributed by atoms with Crippen molar-refractivity contribution in [3.63, 3.8) is 0 Å². The Labute approximate surface area is 193 Å². The number of benzene rings is 1. The minimum atomic E-state index is -0.427. The molecule has 0 aromatic heterocycles. The lowest BCUT2D eigenvalue weighted by atomic mass is 10.0. The maximum absolute atomic E-state index is 14.1. The van der Waals surface area contributed by atoms with Gasteiger partial charge in [-0.15, -0.1) is 0 Å². The third kappa shape index (κ3) is 4.44. The van der Waals surface area contributed by atoms with Crippen molar-refractivity contribution in [1.82, 2.24) is 15.5 Å². The monoisotopic (exact) mass is 451 g/mol. The predicted molar refractivity (Wildman–Crippen MR) is 125 cm³/mol. The summed E-state index contributed by atoms with van der Waals surface area (Å²) in [7, 11) is 0. The lowest BCUT2D eigenvalue weighted by Crippen LogP contribution is -2.42. The van der Waals surface area contributed by atoms with Crippen LogP contribution in [0.4, 0.5) is 4.39 Å². The Morgan fingerprint density at radius 1 is 1.24 bits per heavy atom. The zero-order valence-corrected chi connectivity index (χ0v) is 19.0. The molecule has 0 saturated carbocycles. The van der Waals surface area contributed by atoms with Gasteiger partial charge in [-0.2, -0.15) is 0 Å². The second-order valence-electron chi connectivity index (χ2n) is 9.66. The Morgan fingerprint density at radius 3 is 2.67 bits per heavy atom. The number of amides is 1. The van der Waals surface area contributed by atoms with Crippen molar-refractivity contribution in [1.29, 1.82) is 5.41 Å². The summed E-state index contributed by atoms with van der Waals surface area (Å²) >= 11 is 0. The summed E-state index contributed by atoms with van der Waals surface area (Å²) in [5.74, 6) is 0.544. The Kier molecular flexibility index (Phi) is 5.78. The van der Waals surface area contributed by atoms with Crippen LogP contribution in [-0.4, -0.2) is 54.0 Å². The quantitative estimate of drug-likeness (QED) is 0.655. The van der Waals surface area contributed by atoms with Gasteiger partial charge in [-0.05, 0) is 49.3 Å². The van der Waals surface area contributed by atoms with Crippen molar-refractivity contribution in [3.05, 3.63) is 52.7 Å². The molecule has 174 valence electrons. The summed E-state index contributed by atoms with van der Waals surface area (Å²) in [6.45, 7) is 4.64. The average molecular weight is 452 g/mol. The third-order valence-corrected chi connectivity index (χ3v) is 6.92. The summed E-state index contributed by atoms with van der Waals surface area (Å²) in [6.07, 6.45) is 7.67. The van der Waals surface area contributed by atoms with E-state index < -0.39 is 5.82 Å². The fourth-order valence-corrected chi connectivity index (χ4v) is 5.06. The van der Waals surface area contributed by atoms with Gasteiger partial charge in [0.2, 0.25) is 0 Å². The van der Waals surface area contributed by atoms with Crippen molar-refractivity contribution in [3.8, 4) is 5.75 Å². The van der Waals surface area contributed by atoms with Crippen LogP contribution in [0.5, 0.6) is 5.75 Å². The van der Waals surface area contributed by atoms with Crippen LogP contribution < -0.4 is 15.4 Å². The number of ether oxygens (including phenoxy) is 1. The molecule has 0 radical (unpaired) electrons. The van der Waals surface area contributed by atoms with E-state index in [1.165, 1.54) is 18.2 Å². The van der Waals surface area contributed by atoms with Crippen LogP contribution in [0.2, 0.25) is 0 Å². The first-order valence-corrected chi connectivity index (χ1v) is 11.7. The molecule has 0 spiro atoms. The lowest BCUT2D eigenvalue weighted by Gasteiger charge is -2.30. The molecule has 3 saturated heterocycles. The second-order valence-corrected chi connectivity index (χ2v) is 9.66. The molecule has 0 unspecified atom stereocenters. The van der Waals surface area contributed by atoms with Gasteiger partial charge in [0.1, 0.15) is 23.5 Å². The summed E-state index contributed by atoms with van der Waals surface area (Å²) in [5.41, 5.74) is 2.46. The number of nitrogens with zero attached hydrogens (tertiary/aromatic N) is 2. The van der Waals surface area contributed by atoms with E-state index in [1.54, 1.807) is 11.1 Å². The molecular weight excluding hydrogens is 421 g/mol. The van der Waals surface area contributed by atoms with Crippen molar-refractivity contribution in [2.75, 3.05) is 13.1 Å². The third-order valence-electron chi connectivity index (χ3n) is 6.92. The number of aliphatic imine (C=N–C) groups is 1. The fourth-order valence-electron chi connectivity index (χ4n) is 5.06. The molecule has 4 heterocycles. The molecule has 33 heavy (non-hydrogen) atoms. The molecule has 3 fully saturated rings. The van der Waals surface area contributed by atoms with Gasteiger partial charge in [-0.1, -0.05) is 13.8 Å². The predicted octanol–water partition coefficient (Wildman–Crippen LogP) is 3.39. The highest BCUT2D eigenvalue weighted by Gasteiger charge is 2.36. The largest absolute Gasteiger partial charge is 0.489 e. The molecule has 4 aliphatic heterocycles. The highest BCUT2D eigenvalue weighted by Crippen LogP contribution is 2.32. The van der Waals surface area contributed by atoms with E-state index in [-0.39, 0.29) is 30.9 Å². The number of halogens is 1. The molecule has 4 aliphatic rings. The van der Waals surface area contributed by atoms with Crippen molar-refractivity contribution in [2.24, 2.45) is 10.9 Å². The maximum Gasteiger partial charge on any atom is 0.258 e. The molecule has 8 heteroatoms. The molecule has 5 rings (SSSR count). The van der Waals surface area contributed by atoms with Crippen LogP contribution in [0.15, 0.2) is 46.4 Å². The number of nitrogens with one attached hydrogen (secondary N) is 3. The minimum absolute atomic E-state index is 0.0330. The zero-order valence-electron chi connectivity index (χ0n) is 19.0. The average Bonchev–Trinajstić information content (AvgIpc) is 3.35. The van der Waals surface area contributed by atoms with E-state index in [1.807, 2.05) is 6.20 Å². The summed E-state index contributed by atoms with van der Waals surface area (Å²) in [5, 5.41) is 15.2. The van der Waals surface area contributed by atoms with Gasteiger partial charge in [0.15, 0.2) is 0 Å². The van der Waals surface area contributed by atoms with Crippen molar-refractivity contribution in [2.45, 2.75) is 57.7 Å². The molecule has 0 aliphatic carbocycles. The number of likely N-dealkylation sites (tertiary alicyclic amines) is 1. The van der Waals surface area contributed by atoms with Gasteiger partial charge < -0.3 is 25.7 Å². The number of fused-ring (bicyclic) bond motifs is 2. The lowest BCUT2D eigenvalue weighted by molar-refractivity contribution is 0.0790. The molecule has 2 bridgehead atoms. The Bertz CT molecular complexity index is 1060. The van der Waals surface area contributed by atoms with Crippen molar-refractivity contribution < 1.29 is 13.9 Å². The first-order valence-electron chi connectivity index (χ1n) is 11.7. The Morgan fingerprint density at radius 2 is 2.00 bits per heavy atom. The van der Waals surface area contributed by atoms with Gasteiger partial charge in [0.25, 0.3) is 5.91 Å². The van der Waals surface area contributed by atoms with E-state index in [9.17, 15) is 9.18 Å². The highest BCUT2D eigenvalue weighted by molar-refractivity contribution is 6.08. The summed E-state index contributed by atoms with van der Waals surface area (Å²) < 4.78 is 20.3. The normalized spacial score (nSPS) is 28.8. The molecule has 7 nitrogen and oxygen atoms in total. The Balaban J connectivity index is 1.33. The second kappa shape index (κ2) is 8.74. The van der Waals surface area contributed by atoms with Crippen LogP contribution in [0, 0.1) is 17.1 Å². The van der Waals surface area contributed by atoms with E-state index in [2.05, 4.69) is 29.5 Å². The first-order chi connectivity index (χ1) is 15.9. The zero-order chi connectivity index (χ0) is 23.1. The number of carbonyl (C=O) groups is 1. The SMILES string of the molecule is CC(C)C1=CN/C(=C2/CN(C(=O)c3ccc(F)cc3O[C@H]3C[C@H]4CC[C@@H](C3)N4)CC2=N)N=C1. The topological polar surface area (TPSA) is 89.8 Å². The molecule has 3 N–H and O–H groups in total. The van der Waals surface area contributed by atoms with Gasteiger partial charge in [-0.25, -0.2) is 9.38 Å². The number of rotatable bonds is 4. The van der Waals surface area contributed by atoms with Crippen LogP contribution >= 0.6 is 0 Å². The standard InChI is InChI=1S/C25H30FN5O2/c1-14(2)15-10-28-24(29-11-15)21-12-31(13-22(21)27)25(32)20-6-3-16(26)7-23(20)33-19-8-17-4-5-18(9-19)30-17/h3,6-7,10-11,14,17-19,27-28,30H,4-5,8-9,12-13H2,1-2H3/b24-21+,27-22?/t17-,18+,19+. The minimum Gasteiger partial charge on any atom is -0.489 e. The van der Waals surface area contributed by atoms with E-state index in [0.717, 1.165) is 31.3 Å². The van der Waals surface area contributed by atoms with Gasteiger partial charge in [0.05, 0.1) is 24.4 Å². The van der Waals surface area contributed by atoms with E-state index in [4.69, 9.17) is 10.1 Å². The fraction of sp³-hybridized carbons (Fsp3) is 0.480. The molecule has 1 aromatic carbocycles. The Hall–Kier alpha value is -3.00. The van der Waals surface area contributed by atoms with Crippen LogP contribution in [-0.2, 0) is 0 Å². The highest BCUT2D eigenvalue weighted by atomic mass is 19.1. The number of hydrogen-bond acceptors (Lipinski definition) is 6. The maximum atomic E-state index is 14.1. The van der Waals surface area contributed by atoms with Crippen molar-refractivity contribution >= 4 is 17.8 Å². The van der Waals surface area contributed by atoms with Crippen LogP contribution in [0.25, 0.3) is 0 Å². The molecule has 1 aromatic rings. The smallest absolute Gasteiger partial charge is 0.258 e. The van der Waals surface area contributed by atoms with Gasteiger partial charge >= 0.3 is 0 Å². The molecule has 1 amide bonds. The molecular formula is C25H30FN5O2. The summed E-state index contributed by atoms with van der Waals surface area (Å²) in [6, 6.07) is 4.96. The number of allylic oxidation sites excluding steroid dienone is 1. The number of hydrogen-bond donors (Lipinski definition) is 3. The number of carbonyl (C=O) groups excluding carboxylic acids is 1. The van der Waals surface area contributed by atoms with Gasteiger partial charge in [0, 0.05) is 36.1 Å². The first kappa shape index (κ1) is 21.8. The van der Waals surface area contributed by atoms with E-state index >= 15 is 0 Å². The number of piperidine rings is 1. The van der Waals surface area contributed by atoms with Gasteiger partial charge in [-0.3, -0.25) is 4.79 Å². The van der Waals surface area contributed by atoms with E-state index in [0.29, 0.717) is 40.7 Å². The van der Waals surface area contributed by atoms with Crippen LogP contribution in [0.3, 0.4) is 0 Å². The summed E-state index contributed by atoms with van der Waals surface area (Å²) in [4.78, 5) is 19.5.